The number of carbonyl (C=O) groups excluding carboxylic acids is 4. The molecule has 0 heterocycles. The molecule has 3 unspecified atom stereocenters. The van der Waals surface area contributed by atoms with Crippen LogP contribution in [0.1, 0.15) is 466 Å². The maximum atomic E-state index is 13.2. The van der Waals surface area contributed by atoms with Crippen LogP contribution in [0, 0.1) is 17.8 Å². The minimum absolute atomic E-state index is 0.107. The summed E-state index contributed by atoms with van der Waals surface area (Å²) in [6.07, 6.45) is 69.5. The second-order valence-electron chi connectivity index (χ2n) is 32.8. The first kappa shape index (κ1) is 105. The van der Waals surface area contributed by atoms with Gasteiger partial charge in [0.1, 0.15) is 19.3 Å². The first-order valence-electron chi connectivity index (χ1n) is 45.4. The molecule has 0 spiro atoms. The molecule has 0 saturated heterocycles. The highest BCUT2D eigenvalue weighted by atomic mass is 31.2. The number of carbonyl (C=O) groups is 4. The number of ether oxygens (including phenoxy) is 4. The van der Waals surface area contributed by atoms with Crippen molar-refractivity contribution in [2.45, 2.75) is 484 Å². The largest absolute Gasteiger partial charge is 0.472 e. The topological polar surface area (TPSA) is 237 Å². The summed E-state index contributed by atoms with van der Waals surface area (Å²) in [5, 5.41) is 10.7. The van der Waals surface area contributed by atoms with E-state index in [9.17, 15) is 43.2 Å². The average molecular weight is 1560 g/mol. The number of rotatable bonds is 86. The van der Waals surface area contributed by atoms with Crippen LogP contribution in [0.2, 0.25) is 0 Å². The molecule has 17 nitrogen and oxygen atoms in total. The number of hydrogen-bond donors (Lipinski definition) is 3. The fourth-order valence-corrected chi connectivity index (χ4v) is 15.3. The molecule has 3 N–H and O–H groups in total. The summed E-state index contributed by atoms with van der Waals surface area (Å²) >= 11 is 0. The molecule has 0 aromatic heterocycles. The van der Waals surface area contributed by atoms with Gasteiger partial charge >= 0.3 is 39.5 Å². The zero-order valence-corrected chi connectivity index (χ0v) is 72.4. The molecule has 0 radical (unpaired) electrons. The van der Waals surface area contributed by atoms with Crippen molar-refractivity contribution < 1.29 is 80.2 Å². The lowest BCUT2D eigenvalue weighted by Crippen LogP contribution is -2.30. The van der Waals surface area contributed by atoms with E-state index in [4.69, 9.17) is 37.0 Å². The Morgan fingerprint density at radius 3 is 0.710 bits per heavy atom. The minimum atomic E-state index is -4.97. The summed E-state index contributed by atoms with van der Waals surface area (Å²) in [6, 6.07) is 0. The summed E-state index contributed by atoms with van der Waals surface area (Å²) in [6.45, 7) is 12.0. The van der Waals surface area contributed by atoms with E-state index in [1.807, 2.05) is 0 Å². The first-order chi connectivity index (χ1) is 51.8. The van der Waals surface area contributed by atoms with Gasteiger partial charge in [0.2, 0.25) is 0 Å². The molecule has 0 amide bonds. The van der Waals surface area contributed by atoms with Crippen LogP contribution in [0.3, 0.4) is 0 Å². The summed E-state index contributed by atoms with van der Waals surface area (Å²) in [7, 11) is -9.93. The van der Waals surface area contributed by atoms with Crippen molar-refractivity contribution in [3.05, 3.63) is 0 Å². The second-order valence-corrected chi connectivity index (χ2v) is 35.7. The third kappa shape index (κ3) is 80.5. The first-order valence-corrected chi connectivity index (χ1v) is 48.4. The Kier molecular flexibility index (Phi) is 76.6. The Bertz CT molecular complexity index is 2060. The zero-order chi connectivity index (χ0) is 78.6. The van der Waals surface area contributed by atoms with Crippen molar-refractivity contribution in [2.75, 3.05) is 39.6 Å². The van der Waals surface area contributed by atoms with E-state index in [1.165, 1.54) is 276 Å². The zero-order valence-electron chi connectivity index (χ0n) is 70.6. The van der Waals surface area contributed by atoms with Gasteiger partial charge < -0.3 is 33.8 Å². The van der Waals surface area contributed by atoms with Crippen LogP contribution >= 0.6 is 15.6 Å². The van der Waals surface area contributed by atoms with Crippen molar-refractivity contribution in [1.29, 1.82) is 0 Å². The molecule has 0 aliphatic rings. The Balaban J connectivity index is 5.25. The quantitative estimate of drug-likeness (QED) is 0.0222. The highest BCUT2D eigenvalue weighted by Crippen LogP contribution is 2.45. The smallest absolute Gasteiger partial charge is 0.462 e. The van der Waals surface area contributed by atoms with Gasteiger partial charge in [-0.15, -0.1) is 0 Å². The van der Waals surface area contributed by atoms with Crippen molar-refractivity contribution in [2.24, 2.45) is 17.8 Å². The van der Waals surface area contributed by atoms with Gasteiger partial charge in [-0.2, -0.15) is 0 Å². The van der Waals surface area contributed by atoms with Crippen LogP contribution in [-0.2, 0) is 65.4 Å². The molecular formula is C88H172O17P2. The number of aliphatic hydroxyl groups excluding tert-OH is 1. The van der Waals surface area contributed by atoms with E-state index < -0.39 is 97.5 Å². The van der Waals surface area contributed by atoms with E-state index in [0.29, 0.717) is 25.7 Å². The van der Waals surface area contributed by atoms with E-state index in [2.05, 4.69) is 48.5 Å². The number of hydrogen-bond acceptors (Lipinski definition) is 15. The van der Waals surface area contributed by atoms with Gasteiger partial charge in [-0.25, -0.2) is 9.13 Å². The lowest BCUT2D eigenvalue weighted by Gasteiger charge is -2.21. The van der Waals surface area contributed by atoms with Gasteiger partial charge in [0.15, 0.2) is 12.2 Å². The summed E-state index contributed by atoms with van der Waals surface area (Å²) < 4.78 is 69.0. The minimum Gasteiger partial charge on any atom is -0.462 e. The molecule has 0 aromatic rings. The third-order valence-corrected chi connectivity index (χ3v) is 22.9. The van der Waals surface area contributed by atoms with Crippen molar-refractivity contribution in [1.82, 2.24) is 0 Å². The molecule has 0 saturated carbocycles. The van der Waals surface area contributed by atoms with Gasteiger partial charge in [-0.05, 0) is 43.4 Å². The van der Waals surface area contributed by atoms with Crippen molar-refractivity contribution >= 4 is 39.5 Å². The van der Waals surface area contributed by atoms with Gasteiger partial charge in [-0.1, -0.05) is 414 Å². The van der Waals surface area contributed by atoms with E-state index in [1.54, 1.807) is 0 Å². The van der Waals surface area contributed by atoms with Crippen LogP contribution in [0.25, 0.3) is 0 Å². The van der Waals surface area contributed by atoms with Crippen molar-refractivity contribution in [3.63, 3.8) is 0 Å². The summed E-state index contributed by atoms with van der Waals surface area (Å²) in [5.41, 5.74) is 0. The average Bonchev–Trinajstić information content (AvgIpc) is 0.902. The lowest BCUT2D eigenvalue weighted by atomic mass is 9.99. The van der Waals surface area contributed by atoms with Gasteiger partial charge in [-0.3, -0.25) is 37.3 Å². The molecule has 0 aliphatic carbocycles. The van der Waals surface area contributed by atoms with Crippen LogP contribution < -0.4 is 0 Å². The van der Waals surface area contributed by atoms with E-state index in [-0.39, 0.29) is 25.7 Å². The molecule has 0 fully saturated rings. The summed E-state index contributed by atoms with van der Waals surface area (Å²) in [5.74, 6) is 0.257. The van der Waals surface area contributed by atoms with Gasteiger partial charge in [0, 0.05) is 25.7 Å². The third-order valence-electron chi connectivity index (χ3n) is 21.0. The van der Waals surface area contributed by atoms with Crippen LogP contribution in [0.4, 0.5) is 0 Å². The van der Waals surface area contributed by atoms with Gasteiger partial charge in [0.05, 0.1) is 26.4 Å². The molecule has 0 bridgehead atoms. The maximum Gasteiger partial charge on any atom is 0.472 e. The fourth-order valence-electron chi connectivity index (χ4n) is 13.7. The fraction of sp³-hybridized carbons (Fsp3) is 0.955. The van der Waals surface area contributed by atoms with E-state index >= 15 is 0 Å². The van der Waals surface area contributed by atoms with Crippen LogP contribution in [0.15, 0.2) is 0 Å². The predicted molar refractivity (Wildman–Crippen MR) is 441 cm³/mol. The van der Waals surface area contributed by atoms with E-state index in [0.717, 1.165) is 108 Å². The number of phosphoric ester groups is 2. The van der Waals surface area contributed by atoms with Crippen LogP contribution in [0.5, 0.6) is 0 Å². The SMILES string of the molecule is CCCCCCCCCCCCCCCCCCCCCCCCC(=O)O[C@H](COC(=O)CCCCCCCCCCCCCCCCCC(C)C)COP(=O)(O)OC[C@@H](O)COP(=O)(O)OC[C@@H](COC(=O)CCCCCCCCCCC(C)CC)OC(=O)CCCCCCCCCCCCCCC(C)C. The van der Waals surface area contributed by atoms with Gasteiger partial charge in [0.25, 0.3) is 0 Å². The Hall–Kier alpha value is -1.94. The highest BCUT2D eigenvalue weighted by Gasteiger charge is 2.31. The molecule has 0 rings (SSSR count). The molecule has 107 heavy (non-hydrogen) atoms. The predicted octanol–water partition coefficient (Wildman–Crippen LogP) is 26.9. The second kappa shape index (κ2) is 78.0. The Morgan fingerprint density at radius 1 is 0.271 bits per heavy atom. The van der Waals surface area contributed by atoms with Crippen LogP contribution in [-0.4, -0.2) is 96.7 Å². The normalized spacial score (nSPS) is 14.1. The molecule has 6 atom stereocenters. The number of phosphoric acid groups is 2. The van der Waals surface area contributed by atoms with Crippen molar-refractivity contribution in [3.8, 4) is 0 Å². The number of unbranched alkanes of at least 4 members (excludes halogenated alkanes) is 53. The molecule has 0 aliphatic heterocycles. The summed E-state index contributed by atoms with van der Waals surface area (Å²) in [4.78, 5) is 73.3. The maximum absolute atomic E-state index is 13.2. The number of aliphatic hydroxyl groups is 1. The highest BCUT2D eigenvalue weighted by molar-refractivity contribution is 7.47. The molecular weight excluding hydrogens is 1390 g/mol. The molecule has 636 valence electrons. The molecule has 19 heteroatoms. The standard InChI is InChI=1S/C88H172O17P2/c1-8-10-11-12-13-14-15-16-17-18-19-20-21-22-23-26-30-36-41-50-57-64-71-87(92)104-83(75-98-85(90)69-62-55-48-40-35-29-27-24-25-28-33-38-45-52-59-66-79(3)4)77-102-106(94,95)100-73-82(89)74-101-107(96,97)103-78-84(76-99-86(91)70-63-56-49-44-43-47-54-61-68-81(7)9-2)105-88(93)72-65-58-51-42-37-32-31-34-39-46-53-60-67-80(5)6/h79-84,89H,8-78H2,1-7H3,(H,94,95)(H,96,97)/t81?,82-,83-,84-/m1/s1. The molecule has 0 aromatic carbocycles. The number of esters is 4. The Morgan fingerprint density at radius 2 is 0.477 bits per heavy atom. The monoisotopic (exact) mass is 1560 g/mol. The Labute approximate surface area is 658 Å². The lowest BCUT2D eigenvalue weighted by molar-refractivity contribution is -0.161.